The molecule has 0 fully saturated rings. The largest absolute Gasteiger partial charge is 0.345 e. The van der Waals surface area contributed by atoms with Gasteiger partial charge in [0.1, 0.15) is 0 Å². The van der Waals surface area contributed by atoms with Gasteiger partial charge < -0.3 is 5.32 Å². The second-order valence-electron chi connectivity index (χ2n) is 4.77. The highest BCUT2D eigenvalue weighted by atomic mass is 79.9. The maximum absolute atomic E-state index is 12.3. The number of amides is 1. The first-order chi connectivity index (χ1) is 9.47. The van der Waals surface area contributed by atoms with Crippen LogP contribution in [-0.4, -0.2) is 5.91 Å². The first-order valence-electron chi connectivity index (χ1n) is 6.33. The summed E-state index contributed by atoms with van der Waals surface area (Å²) in [4.78, 5) is 13.1. The Bertz CT molecular complexity index is 625. The highest BCUT2D eigenvalue weighted by molar-refractivity contribution is 9.10. The van der Waals surface area contributed by atoms with Crippen LogP contribution in [0.1, 0.15) is 34.5 Å². The van der Waals surface area contributed by atoms with Crippen molar-refractivity contribution in [3.8, 4) is 0 Å². The molecule has 0 heterocycles. The van der Waals surface area contributed by atoms with Gasteiger partial charge in [0.15, 0.2) is 0 Å². The summed E-state index contributed by atoms with van der Waals surface area (Å²) in [5.74, 6) is -0.110. The third-order valence-electron chi connectivity index (χ3n) is 3.12. The van der Waals surface area contributed by atoms with Crippen LogP contribution in [0.3, 0.4) is 0 Å². The number of aryl methyl sites for hydroxylation is 1. The van der Waals surface area contributed by atoms with Crippen molar-refractivity contribution < 1.29 is 4.79 Å². The Labute approximate surface area is 133 Å². The average Bonchev–Trinajstić information content (AvgIpc) is 2.42. The van der Waals surface area contributed by atoms with Gasteiger partial charge in [-0.25, -0.2) is 0 Å². The van der Waals surface area contributed by atoms with Crippen LogP contribution in [0.15, 0.2) is 51.8 Å². The number of thiol groups is 1. The Kier molecular flexibility index (Phi) is 4.89. The molecule has 0 aliphatic rings. The van der Waals surface area contributed by atoms with Gasteiger partial charge in [-0.1, -0.05) is 29.8 Å². The summed E-state index contributed by atoms with van der Waals surface area (Å²) < 4.78 is 0.768. The lowest BCUT2D eigenvalue weighted by atomic mass is 10.1. The molecule has 20 heavy (non-hydrogen) atoms. The van der Waals surface area contributed by atoms with Crippen LogP contribution in [0.5, 0.6) is 0 Å². The third kappa shape index (κ3) is 3.64. The maximum Gasteiger partial charge on any atom is 0.252 e. The second kappa shape index (κ2) is 6.46. The van der Waals surface area contributed by atoms with Gasteiger partial charge in [0.05, 0.1) is 11.6 Å². The van der Waals surface area contributed by atoms with Crippen LogP contribution in [0.25, 0.3) is 0 Å². The molecule has 2 rings (SSSR count). The van der Waals surface area contributed by atoms with Crippen LogP contribution in [0, 0.1) is 6.92 Å². The molecule has 1 atom stereocenters. The summed E-state index contributed by atoms with van der Waals surface area (Å²) in [6.45, 7) is 4.02. The van der Waals surface area contributed by atoms with Crippen LogP contribution in [0.2, 0.25) is 0 Å². The molecular weight excluding hydrogens is 334 g/mol. The van der Waals surface area contributed by atoms with Crippen LogP contribution >= 0.6 is 28.6 Å². The van der Waals surface area contributed by atoms with E-state index in [4.69, 9.17) is 0 Å². The third-order valence-corrected chi connectivity index (χ3v) is 4.09. The van der Waals surface area contributed by atoms with Crippen molar-refractivity contribution in [3.05, 3.63) is 63.6 Å². The number of hydrogen-bond acceptors (Lipinski definition) is 2. The number of carbonyl (C=O) groups excluding carboxylic acids is 1. The van der Waals surface area contributed by atoms with Crippen molar-refractivity contribution in [1.82, 2.24) is 5.32 Å². The SMILES string of the molecule is Cc1ccc(C(C)NC(=O)c2cc(S)ccc2Br)cc1. The molecule has 2 aromatic carbocycles. The summed E-state index contributed by atoms with van der Waals surface area (Å²) in [6, 6.07) is 13.5. The molecule has 1 amide bonds. The molecule has 0 aromatic heterocycles. The Hall–Kier alpha value is -1.26. The van der Waals surface area contributed by atoms with E-state index in [9.17, 15) is 4.79 Å². The van der Waals surface area contributed by atoms with Crippen molar-refractivity contribution in [2.75, 3.05) is 0 Å². The zero-order chi connectivity index (χ0) is 14.7. The second-order valence-corrected chi connectivity index (χ2v) is 6.14. The van der Waals surface area contributed by atoms with Crippen molar-refractivity contribution in [1.29, 1.82) is 0 Å². The number of carbonyl (C=O) groups is 1. The Balaban J connectivity index is 2.15. The van der Waals surface area contributed by atoms with Gasteiger partial charge in [0.2, 0.25) is 0 Å². The lowest BCUT2D eigenvalue weighted by molar-refractivity contribution is 0.0939. The van der Waals surface area contributed by atoms with Crippen LogP contribution in [0.4, 0.5) is 0 Å². The van der Waals surface area contributed by atoms with Gasteiger partial charge in [-0.15, -0.1) is 12.6 Å². The van der Waals surface area contributed by atoms with E-state index >= 15 is 0 Å². The summed E-state index contributed by atoms with van der Waals surface area (Å²) in [7, 11) is 0. The minimum absolute atomic E-state index is 0.0430. The highest BCUT2D eigenvalue weighted by Crippen LogP contribution is 2.21. The van der Waals surface area contributed by atoms with Gasteiger partial charge >= 0.3 is 0 Å². The predicted molar refractivity (Wildman–Crippen MR) is 88.5 cm³/mol. The fraction of sp³-hybridized carbons (Fsp3) is 0.188. The minimum Gasteiger partial charge on any atom is -0.345 e. The molecule has 2 aromatic rings. The summed E-state index contributed by atoms with van der Waals surface area (Å²) in [6.07, 6.45) is 0. The van der Waals surface area contributed by atoms with Gasteiger partial charge in [0, 0.05) is 9.37 Å². The van der Waals surface area contributed by atoms with E-state index in [2.05, 4.69) is 33.9 Å². The van der Waals surface area contributed by atoms with Crippen LogP contribution in [-0.2, 0) is 0 Å². The number of rotatable bonds is 3. The Morgan fingerprint density at radius 2 is 1.85 bits per heavy atom. The Morgan fingerprint density at radius 1 is 1.20 bits per heavy atom. The fourth-order valence-electron chi connectivity index (χ4n) is 1.90. The summed E-state index contributed by atoms with van der Waals surface area (Å²) in [5.41, 5.74) is 2.89. The minimum atomic E-state index is -0.110. The first-order valence-corrected chi connectivity index (χ1v) is 7.57. The van der Waals surface area contributed by atoms with Gasteiger partial charge in [0.25, 0.3) is 5.91 Å². The summed E-state index contributed by atoms with van der Waals surface area (Å²) in [5, 5.41) is 3.00. The van der Waals surface area contributed by atoms with E-state index in [1.54, 1.807) is 6.07 Å². The molecule has 0 saturated carbocycles. The Morgan fingerprint density at radius 3 is 2.50 bits per heavy atom. The molecule has 0 saturated heterocycles. The zero-order valence-electron chi connectivity index (χ0n) is 11.4. The first kappa shape index (κ1) is 15.1. The highest BCUT2D eigenvalue weighted by Gasteiger charge is 2.14. The van der Waals surface area contributed by atoms with Gasteiger partial charge in [-0.3, -0.25) is 4.79 Å². The molecule has 1 unspecified atom stereocenters. The standard InChI is InChI=1S/C16H16BrNOS/c1-10-3-5-12(6-4-10)11(2)18-16(19)14-9-13(20)7-8-15(14)17/h3-9,11,20H,1-2H3,(H,18,19). The number of halogens is 1. The smallest absolute Gasteiger partial charge is 0.252 e. The predicted octanol–water partition coefficient (Wildman–Crippen LogP) is 4.54. The zero-order valence-corrected chi connectivity index (χ0v) is 13.8. The van der Waals surface area contributed by atoms with E-state index in [0.717, 1.165) is 14.9 Å². The molecule has 0 bridgehead atoms. The van der Waals surface area contributed by atoms with E-state index in [-0.39, 0.29) is 11.9 Å². The number of nitrogens with one attached hydrogen (secondary N) is 1. The van der Waals surface area contributed by atoms with Crippen molar-refractivity contribution in [3.63, 3.8) is 0 Å². The molecule has 1 N–H and O–H groups in total. The van der Waals surface area contributed by atoms with E-state index in [0.29, 0.717) is 5.56 Å². The molecule has 104 valence electrons. The summed E-state index contributed by atoms with van der Waals surface area (Å²) >= 11 is 7.66. The topological polar surface area (TPSA) is 29.1 Å². The van der Waals surface area contributed by atoms with Gasteiger partial charge in [-0.05, 0) is 53.5 Å². The quantitative estimate of drug-likeness (QED) is 0.782. The molecular formula is C16H16BrNOS. The molecule has 0 aliphatic heterocycles. The molecule has 0 aliphatic carbocycles. The number of benzene rings is 2. The van der Waals surface area contributed by atoms with Crippen molar-refractivity contribution in [2.24, 2.45) is 0 Å². The normalized spacial score (nSPS) is 12.0. The lowest BCUT2D eigenvalue weighted by Gasteiger charge is -2.15. The van der Waals surface area contributed by atoms with E-state index in [1.807, 2.05) is 50.2 Å². The van der Waals surface area contributed by atoms with Crippen molar-refractivity contribution in [2.45, 2.75) is 24.8 Å². The molecule has 0 spiro atoms. The van der Waals surface area contributed by atoms with Crippen molar-refractivity contribution >= 4 is 34.5 Å². The van der Waals surface area contributed by atoms with Gasteiger partial charge in [-0.2, -0.15) is 0 Å². The number of hydrogen-bond donors (Lipinski definition) is 2. The van der Waals surface area contributed by atoms with E-state index < -0.39 is 0 Å². The average molecular weight is 350 g/mol. The maximum atomic E-state index is 12.3. The lowest BCUT2D eigenvalue weighted by Crippen LogP contribution is -2.27. The van der Waals surface area contributed by atoms with E-state index in [1.165, 1.54) is 5.56 Å². The molecule has 2 nitrogen and oxygen atoms in total. The van der Waals surface area contributed by atoms with Crippen LogP contribution < -0.4 is 5.32 Å². The monoisotopic (exact) mass is 349 g/mol. The fourth-order valence-corrected chi connectivity index (χ4v) is 2.53. The molecule has 4 heteroatoms. The molecule has 0 radical (unpaired) electrons.